The van der Waals surface area contributed by atoms with Crippen LogP contribution in [0, 0.1) is 6.92 Å². The fourth-order valence-corrected chi connectivity index (χ4v) is 3.27. The summed E-state index contributed by atoms with van der Waals surface area (Å²) in [6.07, 6.45) is 1.90. The molecular formula is C18H15BrCl2N4S. The first kappa shape index (κ1) is 19.2. The largest absolute Gasteiger partial charge is 0.331 e. The molecule has 1 aromatic heterocycles. The van der Waals surface area contributed by atoms with Crippen LogP contribution in [0.4, 0.5) is 11.5 Å². The normalized spacial score (nSPS) is 10.6. The zero-order valence-corrected chi connectivity index (χ0v) is 17.7. The van der Waals surface area contributed by atoms with E-state index in [0.717, 1.165) is 4.47 Å². The predicted octanol–water partition coefficient (Wildman–Crippen LogP) is 6.12. The van der Waals surface area contributed by atoms with E-state index in [0.29, 0.717) is 33.2 Å². The van der Waals surface area contributed by atoms with E-state index >= 15 is 0 Å². The van der Waals surface area contributed by atoms with E-state index < -0.39 is 0 Å². The summed E-state index contributed by atoms with van der Waals surface area (Å²) in [5.74, 6) is 0.618. The molecule has 0 fully saturated rings. The molecule has 1 heterocycles. The number of aromatic nitrogens is 2. The second-order valence-electron chi connectivity index (χ2n) is 5.69. The number of hydrogen-bond acceptors (Lipinski definition) is 2. The Hall–Kier alpha value is -1.60. The standard InChI is InChI=1S/C18H15BrCl2N4S/c1-11-5-7-12(8-6-11)9-25-10-13(19)17(24-25)23-18(26)22-15-4-2-3-14(20)16(15)21/h2-8,10H,9H2,1H3,(H2,22,23,24,26). The van der Waals surface area contributed by atoms with Gasteiger partial charge in [-0.05, 0) is 52.8 Å². The number of halogens is 3. The maximum Gasteiger partial charge on any atom is 0.176 e. The molecule has 0 saturated carbocycles. The number of benzene rings is 2. The van der Waals surface area contributed by atoms with Gasteiger partial charge in [0.05, 0.1) is 26.8 Å². The number of nitrogens with zero attached hydrogens (tertiary/aromatic N) is 2. The lowest BCUT2D eigenvalue weighted by Gasteiger charge is -2.11. The van der Waals surface area contributed by atoms with Gasteiger partial charge in [0.1, 0.15) is 0 Å². The molecule has 2 aromatic carbocycles. The van der Waals surface area contributed by atoms with Crippen molar-refractivity contribution in [3.8, 4) is 0 Å². The summed E-state index contributed by atoms with van der Waals surface area (Å²) in [6, 6.07) is 13.7. The number of thiocarbonyl (C=S) groups is 1. The van der Waals surface area contributed by atoms with E-state index in [1.54, 1.807) is 18.2 Å². The summed E-state index contributed by atoms with van der Waals surface area (Å²) in [7, 11) is 0. The molecule has 0 spiro atoms. The molecular weight excluding hydrogens is 455 g/mol. The molecule has 26 heavy (non-hydrogen) atoms. The van der Waals surface area contributed by atoms with E-state index in [2.05, 4.69) is 62.9 Å². The Balaban J connectivity index is 1.68. The third-order valence-corrected chi connectivity index (χ3v) is 5.22. The van der Waals surface area contributed by atoms with Gasteiger partial charge >= 0.3 is 0 Å². The van der Waals surface area contributed by atoms with Crippen LogP contribution in [0.15, 0.2) is 53.1 Å². The maximum absolute atomic E-state index is 6.17. The fraction of sp³-hybridized carbons (Fsp3) is 0.111. The van der Waals surface area contributed by atoms with Crippen LogP contribution in [-0.4, -0.2) is 14.9 Å². The number of rotatable bonds is 4. The molecule has 4 nitrogen and oxygen atoms in total. The van der Waals surface area contributed by atoms with Gasteiger partial charge in [-0.2, -0.15) is 5.10 Å². The van der Waals surface area contributed by atoms with Crippen LogP contribution in [0.25, 0.3) is 0 Å². The highest BCUT2D eigenvalue weighted by atomic mass is 79.9. The molecule has 3 aromatic rings. The van der Waals surface area contributed by atoms with Crippen LogP contribution in [0.3, 0.4) is 0 Å². The second kappa shape index (κ2) is 8.39. The second-order valence-corrected chi connectivity index (χ2v) is 7.74. The van der Waals surface area contributed by atoms with Crippen molar-refractivity contribution in [2.45, 2.75) is 13.5 Å². The van der Waals surface area contributed by atoms with Crippen molar-refractivity contribution in [3.05, 3.63) is 74.3 Å². The van der Waals surface area contributed by atoms with Crippen LogP contribution in [-0.2, 0) is 6.54 Å². The van der Waals surface area contributed by atoms with E-state index in [1.807, 2.05) is 10.9 Å². The molecule has 0 radical (unpaired) electrons. The van der Waals surface area contributed by atoms with Gasteiger partial charge in [0.15, 0.2) is 10.9 Å². The first-order valence-electron chi connectivity index (χ1n) is 7.73. The van der Waals surface area contributed by atoms with E-state index in [9.17, 15) is 0 Å². The third-order valence-electron chi connectivity index (χ3n) is 3.61. The molecule has 0 atom stereocenters. The number of aryl methyl sites for hydroxylation is 1. The lowest BCUT2D eigenvalue weighted by atomic mass is 10.1. The van der Waals surface area contributed by atoms with Gasteiger partial charge < -0.3 is 10.6 Å². The minimum absolute atomic E-state index is 0.371. The van der Waals surface area contributed by atoms with Crippen molar-refractivity contribution in [1.29, 1.82) is 0 Å². The average molecular weight is 470 g/mol. The van der Waals surface area contributed by atoms with Gasteiger partial charge in [0.25, 0.3) is 0 Å². The summed E-state index contributed by atoms with van der Waals surface area (Å²) in [4.78, 5) is 0. The van der Waals surface area contributed by atoms with E-state index in [4.69, 9.17) is 35.4 Å². The summed E-state index contributed by atoms with van der Waals surface area (Å²) >= 11 is 21.0. The Morgan fingerprint density at radius 2 is 1.88 bits per heavy atom. The van der Waals surface area contributed by atoms with Crippen molar-refractivity contribution in [2.24, 2.45) is 0 Å². The first-order chi connectivity index (χ1) is 12.4. The van der Waals surface area contributed by atoms with E-state index in [-0.39, 0.29) is 0 Å². The summed E-state index contributed by atoms with van der Waals surface area (Å²) in [5.41, 5.74) is 3.03. The van der Waals surface area contributed by atoms with Crippen molar-refractivity contribution in [2.75, 3.05) is 10.6 Å². The lowest BCUT2D eigenvalue weighted by molar-refractivity contribution is 0.689. The lowest BCUT2D eigenvalue weighted by Crippen LogP contribution is -2.20. The highest BCUT2D eigenvalue weighted by molar-refractivity contribution is 9.10. The van der Waals surface area contributed by atoms with Crippen LogP contribution in [0.2, 0.25) is 10.0 Å². The topological polar surface area (TPSA) is 41.9 Å². The third kappa shape index (κ3) is 4.76. The fourth-order valence-electron chi connectivity index (χ4n) is 2.30. The molecule has 0 bridgehead atoms. The zero-order chi connectivity index (χ0) is 18.7. The van der Waals surface area contributed by atoms with Gasteiger partial charge in [-0.25, -0.2) is 0 Å². The van der Waals surface area contributed by atoms with Crippen molar-refractivity contribution in [1.82, 2.24) is 9.78 Å². The predicted molar refractivity (Wildman–Crippen MR) is 117 cm³/mol. The smallest absolute Gasteiger partial charge is 0.176 e. The Kier molecular flexibility index (Phi) is 6.19. The average Bonchev–Trinajstić information content (AvgIpc) is 2.93. The molecule has 0 aliphatic carbocycles. The molecule has 0 unspecified atom stereocenters. The maximum atomic E-state index is 6.17. The molecule has 0 amide bonds. The molecule has 0 aliphatic heterocycles. The molecule has 0 aliphatic rings. The van der Waals surface area contributed by atoms with Crippen LogP contribution >= 0.6 is 51.3 Å². The SMILES string of the molecule is Cc1ccc(Cn2cc(Br)c(NC(=S)Nc3cccc(Cl)c3Cl)n2)cc1. The van der Waals surface area contributed by atoms with Gasteiger partial charge in [-0.3, -0.25) is 4.68 Å². The van der Waals surface area contributed by atoms with Crippen molar-refractivity contribution < 1.29 is 0 Å². The van der Waals surface area contributed by atoms with E-state index in [1.165, 1.54) is 11.1 Å². The van der Waals surface area contributed by atoms with Crippen LogP contribution in [0.5, 0.6) is 0 Å². The Morgan fingerprint density at radius 1 is 1.15 bits per heavy atom. The summed E-state index contributed by atoms with van der Waals surface area (Å²) < 4.78 is 2.65. The molecule has 8 heteroatoms. The number of nitrogens with one attached hydrogen (secondary N) is 2. The van der Waals surface area contributed by atoms with Gasteiger partial charge in [0.2, 0.25) is 0 Å². The summed E-state index contributed by atoms with van der Waals surface area (Å²) in [5, 5.41) is 11.9. The van der Waals surface area contributed by atoms with Gasteiger partial charge in [0, 0.05) is 6.20 Å². The van der Waals surface area contributed by atoms with Crippen molar-refractivity contribution >= 4 is 68.0 Å². The van der Waals surface area contributed by atoms with Crippen molar-refractivity contribution in [3.63, 3.8) is 0 Å². The van der Waals surface area contributed by atoms with Crippen LogP contribution in [0.1, 0.15) is 11.1 Å². The molecule has 2 N–H and O–H groups in total. The minimum atomic E-state index is 0.371. The molecule has 3 rings (SSSR count). The zero-order valence-electron chi connectivity index (χ0n) is 13.8. The monoisotopic (exact) mass is 468 g/mol. The molecule has 0 saturated heterocycles. The Morgan fingerprint density at radius 3 is 2.62 bits per heavy atom. The number of hydrogen-bond donors (Lipinski definition) is 2. The number of anilines is 2. The van der Waals surface area contributed by atoms with Gasteiger partial charge in [-0.15, -0.1) is 0 Å². The Bertz CT molecular complexity index is 941. The minimum Gasteiger partial charge on any atom is -0.331 e. The quantitative estimate of drug-likeness (QED) is 0.451. The van der Waals surface area contributed by atoms with Crippen LogP contribution < -0.4 is 10.6 Å². The first-order valence-corrected chi connectivity index (χ1v) is 9.68. The van der Waals surface area contributed by atoms with Gasteiger partial charge in [-0.1, -0.05) is 59.1 Å². The summed E-state index contributed by atoms with van der Waals surface area (Å²) in [6.45, 7) is 2.73. The Labute approximate surface area is 175 Å². The molecule has 134 valence electrons. The highest BCUT2D eigenvalue weighted by Crippen LogP contribution is 2.30. The highest BCUT2D eigenvalue weighted by Gasteiger charge is 2.11.